The smallest absolute Gasteiger partial charge is 0.282 e. The molecule has 0 aromatic heterocycles. The Morgan fingerprint density at radius 1 is 1.12 bits per heavy atom. The van der Waals surface area contributed by atoms with E-state index in [-0.39, 0.29) is 17.8 Å². The van der Waals surface area contributed by atoms with E-state index in [1.807, 2.05) is 38.2 Å². The molecule has 0 saturated carbocycles. The van der Waals surface area contributed by atoms with E-state index in [1.165, 1.54) is 6.07 Å². The van der Waals surface area contributed by atoms with Gasteiger partial charge in [0.05, 0.1) is 7.05 Å². The maximum absolute atomic E-state index is 13.8. The van der Waals surface area contributed by atoms with Crippen LogP contribution in [0.1, 0.15) is 44.2 Å². The molecule has 2 aromatic rings. The SMILES string of the molecule is CC[C@@H](C)c1ccccc1NC(=O)[C@H](C)[NH+](C)Cc1ccccc1F. The lowest BCUT2D eigenvalue weighted by atomic mass is 9.97. The molecule has 0 aliphatic carbocycles. The summed E-state index contributed by atoms with van der Waals surface area (Å²) in [6.07, 6.45) is 1.01. The van der Waals surface area contributed by atoms with E-state index in [4.69, 9.17) is 0 Å². The van der Waals surface area contributed by atoms with Crippen molar-refractivity contribution in [1.82, 2.24) is 0 Å². The molecule has 0 heterocycles. The van der Waals surface area contributed by atoms with Crippen LogP contribution < -0.4 is 10.2 Å². The first kappa shape index (κ1) is 19.1. The minimum absolute atomic E-state index is 0.0513. The van der Waals surface area contributed by atoms with Crippen LogP contribution in [0.3, 0.4) is 0 Å². The van der Waals surface area contributed by atoms with Crippen LogP contribution in [0.15, 0.2) is 48.5 Å². The molecule has 1 unspecified atom stereocenters. The van der Waals surface area contributed by atoms with Crippen LogP contribution in [0.2, 0.25) is 0 Å². The summed E-state index contributed by atoms with van der Waals surface area (Å²) < 4.78 is 13.8. The third kappa shape index (κ3) is 4.89. The number of benzene rings is 2. The summed E-state index contributed by atoms with van der Waals surface area (Å²) in [6, 6.07) is 14.4. The largest absolute Gasteiger partial charge is 0.324 e. The molecule has 0 saturated heterocycles. The highest BCUT2D eigenvalue weighted by Gasteiger charge is 2.24. The van der Waals surface area contributed by atoms with Crippen LogP contribution in [-0.4, -0.2) is 19.0 Å². The molecule has 3 atom stereocenters. The molecule has 0 radical (unpaired) electrons. The number of anilines is 1. The van der Waals surface area contributed by atoms with E-state index < -0.39 is 0 Å². The molecular weight excluding hydrogens is 315 g/mol. The number of amides is 1. The summed E-state index contributed by atoms with van der Waals surface area (Å²) in [5.74, 6) is 0.108. The van der Waals surface area contributed by atoms with E-state index in [0.29, 0.717) is 18.0 Å². The van der Waals surface area contributed by atoms with Crippen LogP contribution in [0.4, 0.5) is 10.1 Å². The zero-order valence-electron chi connectivity index (χ0n) is 15.5. The standard InChI is InChI=1S/C21H27FN2O/c1-5-15(2)18-11-7-9-13-20(18)23-21(25)16(3)24(4)14-17-10-6-8-12-19(17)22/h6-13,15-16H,5,14H2,1-4H3,(H,23,25)/p+1/t15-,16+/m1/s1. The predicted octanol–water partition coefficient (Wildman–Crippen LogP) is 3.38. The number of likely N-dealkylation sites (N-methyl/N-ethyl adjacent to an activating group) is 1. The first-order chi connectivity index (χ1) is 11.9. The molecule has 1 amide bonds. The number of carbonyl (C=O) groups excluding carboxylic acids is 1. The number of para-hydroxylation sites is 1. The highest BCUT2D eigenvalue weighted by molar-refractivity contribution is 5.94. The van der Waals surface area contributed by atoms with E-state index in [0.717, 1.165) is 22.6 Å². The fourth-order valence-corrected chi connectivity index (χ4v) is 2.82. The molecular formula is C21H28FN2O+. The molecule has 0 aliphatic rings. The quantitative estimate of drug-likeness (QED) is 0.794. The second kappa shape index (κ2) is 8.77. The van der Waals surface area contributed by atoms with Gasteiger partial charge in [0.2, 0.25) is 0 Å². The van der Waals surface area contributed by atoms with Gasteiger partial charge in [0.1, 0.15) is 12.4 Å². The maximum Gasteiger partial charge on any atom is 0.282 e. The lowest BCUT2D eigenvalue weighted by molar-refractivity contribution is -0.908. The predicted molar refractivity (Wildman–Crippen MR) is 100 cm³/mol. The van der Waals surface area contributed by atoms with Gasteiger partial charge in [0.15, 0.2) is 6.04 Å². The van der Waals surface area contributed by atoms with E-state index >= 15 is 0 Å². The van der Waals surface area contributed by atoms with Crippen LogP contribution in [0.5, 0.6) is 0 Å². The van der Waals surface area contributed by atoms with Crippen LogP contribution in [0.25, 0.3) is 0 Å². The van der Waals surface area contributed by atoms with Gasteiger partial charge in [-0.3, -0.25) is 4.79 Å². The summed E-state index contributed by atoms with van der Waals surface area (Å²) in [5.41, 5.74) is 2.64. The Labute approximate surface area is 149 Å². The Hall–Kier alpha value is -2.20. The van der Waals surface area contributed by atoms with E-state index in [2.05, 4.69) is 25.2 Å². The van der Waals surface area contributed by atoms with Gasteiger partial charge in [-0.05, 0) is 37.0 Å². The number of carbonyl (C=O) groups is 1. The van der Waals surface area contributed by atoms with Gasteiger partial charge in [0, 0.05) is 11.3 Å². The summed E-state index contributed by atoms with van der Waals surface area (Å²) in [6.45, 7) is 6.63. The summed E-state index contributed by atoms with van der Waals surface area (Å²) in [5, 5.41) is 3.05. The second-order valence-corrected chi connectivity index (χ2v) is 6.72. The molecule has 25 heavy (non-hydrogen) atoms. The first-order valence-corrected chi connectivity index (χ1v) is 8.89. The summed E-state index contributed by atoms with van der Waals surface area (Å²) >= 11 is 0. The Balaban J connectivity index is 2.07. The topological polar surface area (TPSA) is 33.5 Å². The molecule has 0 spiro atoms. The van der Waals surface area contributed by atoms with Gasteiger partial charge in [-0.1, -0.05) is 50.2 Å². The fourth-order valence-electron chi connectivity index (χ4n) is 2.82. The summed E-state index contributed by atoms with van der Waals surface area (Å²) in [4.78, 5) is 13.6. The third-order valence-electron chi connectivity index (χ3n) is 4.92. The third-order valence-corrected chi connectivity index (χ3v) is 4.92. The minimum atomic E-state index is -0.287. The monoisotopic (exact) mass is 343 g/mol. The summed E-state index contributed by atoms with van der Waals surface area (Å²) in [7, 11) is 1.91. The molecule has 2 aromatic carbocycles. The molecule has 2 rings (SSSR count). The number of nitrogens with one attached hydrogen (secondary N) is 2. The van der Waals surface area contributed by atoms with Gasteiger partial charge in [-0.25, -0.2) is 4.39 Å². The zero-order chi connectivity index (χ0) is 18.4. The fraction of sp³-hybridized carbons (Fsp3) is 0.381. The highest BCUT2D eigenvalue weighted by atomic mass is 19.1. The number of hydrogen-bond donors (Lipinski definition) is 2. The Kier molecular flexibility index (Phi) is 6.71. The molecule has 2 N–H and O–H groups in total. The highest BCUT2D eigenvalue weighted by Crippen LogP contribution is 2.26. The van der Waals surface area contributed by atoms with E-state index in [1.54, 1.807) is 12.1 Å². The molecule has 3 nitrogen and oxygen atoms in total. The number of hydrogen-bond acceptors (Lipinski definition) is 1. The number of halogens is 1. The van der Waals surface area contributed by atoms with Crippen molar-refractivity contribution in [2.45, 2.75) is 45.7 Å². The van der Waals surface area contributed by atoms with Crippen molar-refractivity contribution in [2.24, 2.45) is 0 Å². The van der Waals surface area contributed by atoms with Crippen molar-refractivity contribution >= 4 is 11.6 Å². The van der Waals surface area contributed by atoms with Crippen molar-refractivity contribution in [1.29, 1.82) is 0 Å². The van der Waals surface area contributed by atoms with Crippen molar-refractivity contribution in [3.63, 3.8) is 0 Å². The zero-order valence-corrected chi connectivity index (χ0v) is 15.5. The van der Waals surface area contributed by atoms with Gasteiger partial charge >= 0.3 is 0 Å². The second-order valence-electron chi connectivity index (χ2n) is 6.72. The van der Waals surface area contributed by atoms with Crippen molar-refractivity contribution in [3.8, 4) is 0 Å². The first-order valence-electron chi connectivity index (χ1n) is 8.89. The van der Waals surface area contributed by atoms with Crippen LogP contribution >= 0.6 is 0 Å². The molecule has 0 bridgehead atoms. The number of rotatable bonds is 7. The average molecular weight is 343 g/mol. The van der Waals surface area contributed by atoms with Crippen LogP contribution in [0, 0.1) is 5.82 Å². The lowest BCUT2D eigenvalue weighted by Crippen LogP contribution is -3.12. The van der Waals surface area contributed by atoms with Gasteiger partial charge < -0.3 is 10.2 Å². The minimum Gasteiger partial charge on any atom is -0.324 e. The molecule has 0 fully saturated rings. The van der Waals surface area contributed by atoms with Gasteiger partial charge in [0.25, 0.3) is 5.91 Å². The Morgan fingerprint density at radius 3 is 2.44 bits per heavy atom. The Bertz CT molecular complexity index is 717. The molecule has 0 aliphatic heterocycles. The van der Waals surface area contributed by atoms with Gasteiger partial charge in [-0.15, -0.1) is 0 Å². The van der Waals surface area contributed by atoms with Crippen molar-refractivity contribution < 1.29 is 14.1 Å². The molecule has 4 heteroatoms. The van der Waals surface area contributed by atoms with Gasteiger partial charge in [-0.2, -0.15) is 0 Å². The number of quaternary nitrogens is 1. The molecule has 134 valence electrons. The average Bonchev–Trinajstić information content (AvgIpc) is 2.62. The van der Waals surface area contributed by atoms with Crippen molar-refractivity contribution in [3.05, 3.63) is 65.5 Å². The maximum atomic E-state index is 13.8. The van der Waals surface area contributed by atoms with Crippen molar-refractivity contribution in [2.75, 3.05) is 12.4 Å². The van der Waals surface area contributed by atoms with Crippen LogP contribution in [-0.2, 0) is 11.3 Å². The van der Waals surface area contributed by atoms with E-state index in [9.17, 15) is 9.18 Å². The normalized spacial score (nSPS) is 14.6. The Morgan fingerprint density at radius 2 is 1.76 bits per heavy atom. The lowest BCUT2D eigenvalue weighted by Gasteiger charge is -2.22.